The highest BCUT2D eigenvalue weighted by Gasteiger charge is 2.31. The van der Waals surface area contributed by atoms with E-state index in [1.54, 1.807) is 0 Å². The van der Waals surface area contributed by atoms with Crippen LogP contribution in [0.3, 0.4) is 0 Å². The second-order valence-electron chi connectivity index (χ2n) is 5.79. The van der Waals surface area contributed by atoms with Crippen LogP contribution < -0.4 is 11.8 Å². The van der Waals surface area contributed by atoms with Crippen molar-refractivity contribution < 1.29 is 14.4 Å². The zero-order valence-electron chi connectivity index (χ0n) is 11.8. The molecule has 4 atom stereocenters. The van der Waals surface area contributed by atoms with E-state index in [1.807, 2.05) is 0 Å². The molecule has 0 aromatic carbocycles. The van der Waals surface area contributed by atoms with Crippen LogP contribution in [0.2, 0.25) is 0 Å². The summed E-state index contributed by atoms with van der Waals surface area (Å²) in [6, 6.07) is 0. The van der Waals surface area contributed by atoms with Gasteiger partial charge in [0.1, 0.15) is 6.10 Å². The summed E-state index contributed by atoms with van der Waals surface area (Å²) >= 11 is 0. The van der Waals surface area contributed by atoms with Gasteiger partial charge in [0.2, 0.25) is 0 Å². The third-order valence-electron chi connectivity index (χ3n) is 3.93. The van der Waals surface area contributed by atoms with Crippen LogP contribution in [0.15, 0.2) is 0 Å². The van der Waals surface area contributed by atoms with Crippen molar-refractivity contribution in [3.63, 3.8) is 0 Å². The molecule has 0 aromatic rings. The van der Waals surface area contributed by atoms with Gasteiger partial charge in [0.05, 0.1) is 19.3 Å². The maximum atomic E-state index is 5.99. The molecule has 1 fully saturated rings. The molecule has 2 unspecified atom stereocenters. The lowest BCUT2D eigenvalue weighted by atomic mass is 9.75. The summed E-state index contributed by atoms with van der Waals surface area (Å²) < 4.78 is 5.99. The Kier molecular flexibility index (Phi) is 7.11. The van der Waals surface area contributed by atoms with E-state index < -0.39 is 0 Å². The Balaban J connectivity index is 2.45. The van der Waals surface area contributed by atoms with Gasteiger partial charge in [-0.2, -0.15) is 0 Å². The molecule has 4 N–H and O–H groups in total. The molecule has 0 amide bonds. The molecule has 108 valence electrons. The summed E-state index contributed by atoms with van der Waals surface area (Å²) in [4.78, 5) is 9.32. The van der Waals surface area contributed by atoms with E-state index in [9.17, 15) is 0 Å². The molecule has 5 nitrogen and oxygen atoms in total. The minimum Gasteiger partial charge on any atom is -0.375 e. The van der Waals surface area contributed by atoms with E-state index in [2.05, 4.69) is 25.6 Å². The molecule has 5 heteroatoms. The van der Waals surface area contributed by atoms with E-state index in [-0.39, 0.29) is 12.7 Å². The van der Waals surface area contributed by atoms with E-state index in [0.717, 1.165) is 12.3 Å². The normalized spacial score (nSPS) is 30.7. The lowest BCUT2D eigenvalue weighted by molar-refractivity contribution is -0.106. The number of ether oxygens (including phenoxy) is 1. The second kappa shape index (κ2) is 8.07. The van der Waals surface area contributed by atoms with E-state index in [0.29, 0.717) is 24.5 Å². The van der Waals surface area contributed by atoms with Crippen LogP contribution in [0.25, 0.3) is 0 Å². The van der Waals surface area contributed by atoms with Gasteiger partial charge >= 0.3 is 0 Å². The predicted molar refractivity (Wildman–Crippen MR) is 70.3 cm³/mol. The molecular weight excluding hydrogens is 232 g/mol. The maximum absolute atomic E-state index is 5.99. The van der Waals surface area contributed by atoms with Crippen LogP contribution in [-0.2, 0) is 14.4 Å². The van der Waals surface area contributed by atoms with Crippen molar-refractivity contribution in [3.8, 4) is 0 Å². The summed E-state index contributed by atoms with van der Waals surface area (Å²) in [5.74, 6) is 12.2. The van der Waals surface area contributed by atoms with Gasteiger partial charge in [-0.3, -0.25) is 4.84 Å². The van der Waals surface area contributed by atoms with Gasteiger partial charge in [0.25, 0.3) is 0 Å². The molecule has 0 aliphatic heterocycles. The third kappa shape index (κ3) is 4.82. The SMILES string of the molecule is CC(C)C1CC[C@@H](C)C[C@H]1OCC(CON)ON. The largest absolute Gasteiger partial charge is 0.375 e. The van der Waals surface area contributed by atoms with Crippen LogP contribution in [0.1, 0.15) is 40.0 Å². The van der Waals surface area contributed by atoms with Gasteiger partial charge in [0, 0.05) is 0 Å². The number of nitrogens with two attached hydrogens (primary N) is 2. The second-order valence-corrected chi connectivity index (χ2v) is 5.79. The van der Waals surface area contributed by atoms with Crippen LogP contribution in [-0.4, -0.2) is 25.4 Å². The van der Waals surface area contributed by atoms with Gasteiger partial charge in [-0.15, -0.1) is 0 Å². The molecule has 0 aromatic heterocycles. The van der Waals surface area contributed by atoms with Crippen molar-refractivity contribution in [1.82, 2.24) is 0 Å². The molecule has 1 aliphatic rings. The Morgan fingerprint density at radius 3 is 2.44 bits per heavy atom. The zero-order chi connectivity index (χ0) is 13.5. The van der Waals surface area contributed by atoms with E-state index in [1.165, 1.54) is 12.8 Å². The van der Waals surface area contributed by atoms with Crippen molar-refractivity contribution in [2.24, 2.45) is 29.5 Å². The Bertz CT molecular complexity index is 226. The smallest absolute Gasteiger partial charge is 0.127 e. The van der Waals surface area contributed by atoms with Gasteiger partial charge < -0.3 is 9.57 Å². The first-order valence-electron chi connectivity index (χ1n) is 6.87. The van der Waals surface area contributed by atoms with Crippen molar-refractivity contribution in [3.05, 3.63) is 0 Å². The molecule has 0 radical (unpaired) electrons. The van der Waals surface area contributed by atoms with Crippen LogP contribution in [0.5, 0.6) is 0 Å². The minimum atomic E-state index is -0.292. The highest BCUT2D eigenvalue weighted by atomic mass is 16.7. The molecule has 1 rings (SSSR count). The average Bonchev–Trinajstić information content (AvgIpc) is 2.34. The van der Waals surface area contributed by atoms with Gasteiger partial charge in [-0.1, -0.05) is 27.2 Å². The third-order valence-corrected chi connectivity index (χ3v) is 3.93. The number of hydrogen-bond donors (Lipinski definition) is 2. The fourth-order valence-corrected chi connectivity index (χ4v) is 2.77. The topological polar surface area (TPSA) is 79.7 Å². The molecule has 0 bridgehead atoms. The first kappa shape index (κ1) is 15.9. The predicted octanol–water partition coefficient (Wildman–Crippen LogP) is 1.61. The summed E-state index contributed by atoms with van der Waals surface area (Å²) in [6.07, 6.45) is 3.66. The molecule has 1 saturated carbocycles. The molecular formula is C13H28N2O3. The summed E-state index contributed by atoms with van der Waals surface area (Å²) in [5.41, 5.74) is 0. The maximum Gasteiger partial charge on any atom is 0.127 e. The summed E-state index contributed by atoms with van der Waals surface area (Å²) in [6.45, 7) is 7.50. The number of rotatable bonds is 7. The Labute approximate surface area is 110 Å². The zero-order valence-corrected chi connectivity index (χ0v) is 11.8. The van der Waals surface area contributed by atoms with Crippen molar-refractivity contribution >= 4 is 0 Å². The van der Waals surface area contributed by atoms with Gasteiger partial charge in [0.15, 0.2) is 0 Å². The summed E-state index contributed by atoms with van der Waals surface area (Å²) in [5, 5.41) is 0. The first-order chi connectivity index (χ1) is 8.58. The van der Waals surface area contributed by atoms with Crippen LogP contribution >= 0.6 is 0 Å². The van der Waals surface area contributed by atoms with Gasteiger partial charge in [-0.05, 0) is 30.6 Å². The molecule has 18 heavy (non-hydrogen) atoms. The Morgan fingerprint density at radius 1 is 1.17 bits per heavy atom. The standard InChI is InChI=1S/C13H28N2O3/c1-9(2)12-5-4-10(3)6-13(12)16-7-11(18-15)8-17-14/h9-13H,4-8,14-15H2,1-3H3/t10-,11?,12?,13-/m1/s1. The molecule has 0 heterocycles. The highest BCUT2D eigenvalue weighted by Crippen LogP contribution is 2.35. The summed E-state index contributed by atoms with van der Waals surface area (Å²) in [7, 11) is 0. The number of hydrogen-bond acceptors (Lipinski definition) is 5. The molecule has 0 saturated heterocycles. The Morgan fingerprint density at radius 2 is 1.89 bits per heavy atom. The molecule has 1 aliphatic carbocycles. The molecule has 0 spiro atoms. The quantitative estimate of drug-likeness (QED) is 0.680. The first-order valence-corrected chi connectivity index (χ1v) is 6.87. The van der Waals surface area contributed by atoms with Crippen molar-refractivity contribution in [2.75, 3.05) is 13.2 Å². The van der Waals surface area contributed by atoms with E-state index in [4.69, 9.17) is 21.4 Å². The fraction of sp³-hybridized carbons (Fsp3) is 1.00. The monoisotopic (exact) mass is 260 g/mol. The van der Waals surface area contributed by atoms with Crippen molar-refractivity contribution in [2.45, 2.75) is 52.2 Å². The van der Waals surface area contributed by atoms with Crippen molar-refractivity contribution in [1.29, 1.82) is 0 Å². The van der Waals surface area contributed by atoms with E-state index >= 15 is 0 Å². The van der Waals surface area contributed by atoms with Gasteiger partial charge in [-0.25, -0.2) is 11.8 Å². The highest BCUT2D eigenvalue weighted by molar-refractivity contribution is 4.81. The van der Waals surface area contributed by atoms with Crippen LogP contribution in [0.4, 0.5) is 0 Å². The Hall–Kier alpha value is -0.200. The lowest BCUT2D eigenvalue weighted by Gasteiger charge is -2.37. The fourth-order valence-electron chi connectivity index (χ4n) is 2.77. The average molecular weight is 260 g/mol. The lowest BCUT2D eigenvalue weighted by Crippen LogP contribution is -2.38. The minimum absolute atomic E-state index is 0.255. The van der Waals surface area contributed by atoms with Crippen LogP contribution in [0, 0.1) is 17.8 Å².